The van der Waals surface area contributed by atoms with Crippen LogP contribution >= 0.6 is 11.3 Å². The van der Waals surface area contributed by atoms with E-state index in [0.29, 0.717) is 23.0 Å². The number of fused-ring (bicyclic) bond motifs is 3. The van der Waals surface area contributed by atoms with Gasteiger partial charge in [0.15, 0.2) is 0 Å². The summed E-state index contributed by atoms with van der Waals surface area (Å²) < 4.78 is 40.5. The van der Waals surface area contributed by atoms with Crippen LogP contribution in [0.3, 0.4) is 0 Å². The van der Waals surface area contributed by atoms with Crippen molar-refractivity contribution in [2.75, 3.05) is 0 Å². The Morgan fingerprint density at radius 3 is 2.72 bits per heavy atom. The number of benzene rings is 1. The number of halogens is 3. The Morgan fingerprint density at radius 1 is 1.12 bits per heavy atom. The number of rotatable bonds is 4. The number of hydrogen-bond acceptors (Lipinski definition) is 4. The molecule has 5 rings (SSSR count). The highest BCUT2D eigenvalue weighted by Gasteiger charge is 2.30. The van der Waals surface area contributed by atoms with Crippen LogP contribution in [0.2, 0.25) is 0 Å². The Hall–Kier alpha value is -2.19. The third-order valence-corrected chi connectivity index (χ3v) is 7.88. The van der Waals surface area contributed by atoms with Crippen molar-refractivity contribution in [1.82, 2.24) is 14.9 Å². The van der Waals surface area contributed by atoms with Gasteiger partial charge in [0.25, 0.3) is 5.56 Å². The van der Waals surface area contributed by atoms with Gasteiger partial charge in [0.2, 0.25) is 0 Å². The van der Waals surface area contributed by atoms with Gasteiger partial charge in [0.1, 0.15) is 4.83 Å². The topological polar surface area (TPSA) is 46.9 Å². The van der Waals surface area contributed by atoms with Gasteiger partial charge in [0, 0.05) is 17.0 Å². The summed E-state index contributed by atoms with van der Waals surface area (Å²) in [5.41, 5.74) is 0.650. The van der Waals surface area contributed by atoms with Gasteiger partial charge in [-0.25, -0.2) is 4.98 Å². The summed E-state index contributed by atoms with van der Waals surface area (Å²) in [4.78, 5) is 19.7. The molecular formula is C24H26F3N3OS. The summed E-state index contributed by atoms with van der Waals surface area (Å²) in [5, 5.41) is 4.48. The van der Waals surface area contributed by atoms with Gasteiger partial charge >= 0.3 is 6.18 Å². The highest BCUT2D eigenvalue weighted by molar-refractivity contribution is 7.18. The minimum absolute atomic E-state index is 0.0716. The predicted octanol–water partition coefficient (Wildman–Crippen LogP) is 5.30. The van der Waals surface area contributed by atoms with Crippen molar-refractivity contribution in [3.63, 3.8) is 0 Å². The third kappa shape index (κ3) is 4.35. The Balaban J connectivity index is 1.39. The van der Waals surface area contributed by atoms with Crippen molar-refractivity contribution in [1.29, 1.82) is 0 Å². The van der Waals surface area contributed by atoms with Gasteiger partial charge < -0.3 is 5.32 Å². The maximum atomic E-state index is 13.2. The van der Waals surface area contributed by atoms with Crippen LogP contribution in [0.25, 0.3) is 10.2 Å². The number of nitrogens with zero attached hydrogens (tertiary/aromatic N) is 2. The molecule has 4 nitrogen and oxygen atoms in total. The second-order valence-electron chi connectivity index (χ2n) is 9.00. The standard InChI is InChI=1S/C24H26F3N3OS/c25-24(26,27)16-6-4-5-15(11-16)13-30-14-28-22-21(23(30)31)19-10-9-18(12-20(19)32-22)29-17-7-2-1-3-8-17/h4-6,11,14,17-18,29H,1-3,7-10,12-13H2. The zero-order chi connectivity index (χ0) is 22.3. The zero-order valence-corrected chi connectivity index (χ0v) is 18.6. The molecule has 1 atom stereocenters. The molecule has 2 aliphatic rings. The van der Waals surface area contributed by atoms with Crippen LogP contribution in [-0.2, 0) is 25.6 Å². The van der Waals surface area contributed by atoms with E-state index in [1.807, 2.05) is 0 Å². The van der Waals surface area contributed by atoms with Crippen molar-refractivity contribution in [2.24, 2.45) is 0 Å². The molecule has 0 spiro atoms. The Labute approximate surface area is 188 Å². The molecule has 170 valence electrons. The summed E-state index contributed by atoms with van der Waals surface area (Å²) >= 11 is 1.59. The first-order chi connectivity index (χ1) is 15.4. The van der Waals surface area contributed by atoms with Gasteiger partial charge in [-0.2, -0.15) is 13.2 Å². The molecule has 0 amide bonds. The lowest BCUT2D eigenvalue weighted by Crippen LogP contribution is -2.42. The highest BCUT2D eigenvalue weighted by Crippen LogP contribution is 2.34. The van der Waals surface area contributed by atoms with E-state index in [4.69, 9.17) is 0 Å². The first-order valence-corrected chi connectivity index (χ1v) is 12.1. The largest absolute Gasteiger partial charge is 0.416 e. The summed E-state index contributed by atoms with van der Waals surface area (Å²) in [6.07, 6.45) is 6.24. The first-order valence-electron chi connectivity index (χ1n) is 11.3. The van der Waals surface area contributed by atoms with E-state index < -0.39 is 11.7 Å². The maximum Gasteiger partial charge on any atom is 0.416 e. The summed E-state index contributed by atoms with van der Waals surface area (Å²) in [6, 6.07) is 6.16. The van der Waals surface area contributed by atoms with E-state index in [1.165, 1.54) is 53.9 Å². The van der Waals surface area contributed by atoms with E-state index in [2.05, 4.69) is 10.3 Å². The lowest BCUT2D eigenvalue weighted by molar-refractivity contribution is -0.137. The lowest BCUT2D eigenvalue weighted by atomic mass is 9.90. The molecule has 0 saturated heterocycles. The van der Waals surface area contributed by atoms with Crippen LogP contribution in [0.4, 0.5) is 13.2 Å². The molecular weight excluding hydrogens is 435 g/mol. The molecule has 0 bridgehead atoms. The predicted molar refractivity (Wildman–Crippen MR) is 120 cm³/mol. The van der Waals surface area contributed by atoms with Crippen LogP contribution in [0.15, 0.2) is 35.4 Å². The average molecular weight is 462 g/mol. The molecule has 0 aliphatic heterocycles. The van der Waals surface area contributed by atoms with Gasteiger partial charge in [0.05, 0.1) is 23.8 Å². The monoisotopic (exact) mass is 461 g/mol. The second kappa shape index (κ2) is 8.63. The van der Waals surface area contributed by atoms with Crippen molar-refractivity contribution in [3.05, 3.63) is 62.5 Å². The number of aryl methyl sites for hydroxylation is 1. The van der Waals surface area contributed by atoms with Crippen molar-refractivity contribution in [2.45, 2.75) is 76.2 Å². The van der Waals surface area contributed by atoms with Gasteiger partial charge in [-0.1, -0.05) is 31.4 Å². The molecule has 1 saturated carbocycles. The third-order valence-electron chi connectivity index (χ3n) is 6.72. The van der Waals surface area contributed by atoms with Crippen molar-refractivity contribution >= 4 is 21.6 Å². The van der Waals surface area contributed by atoms with Crippen molar-refractivity contribution in [3.8, 4) is 0 Å². The average Bonchev–Trinajstić information content (AvgIpc) is 3.14. The fourth-order valence-electron chi connectivity index (χ4n) is 5.10. The molecule has 1 N–H and O–H groups in total. The van der Waals surface area contributed by atoms with E-state index in [9.17, 15) is 18.0 Å². The smallest absolute Gasteiger partial charge is 0.311 e. The summed E-state index contributed by atoms with van der Waals surface area (Å²) in [7, 11) is 0. The van der Waals surface area contributed by atoms with Gasteiger partial charge in [-0.05, 0) is 55.4 Å². The minimum Gasteiger partial charge on any atom is -0.311 e. The quantitative estimate of drug-likeness (QED) is 0.573. The molecule has 32 heavy (non-hydrogen) atoms. The Bertz CT molecular complexity index is 1180. The van der Waals surface area contributed by atoms with Gasteiger partial charge in [-0.3, -0.25) is 9.36 Å². The van der Waals surface area contributed by atoms with E-state index in [-0.39, 0.29) is 12.1 Å². The molecule has 1 aromatic carbocycles. The van der Waals surface area contributed by atoms with Crippen LogP contribution in [0, 0.1) is 0 Å². The summed E-state index contributed by atoms with van der Waals surface area (Å²) in [5.74, 6) is 0. The normalized spacial score (nSPS) is 19.9. The lowest BCUT2D eigenvalue weighted by Gasteiger charge is -2.30. The maximum absolute atomic E-state index is 13.2. The molecule has 2 aliphatic carbocycles. The van der Waals surface area contributed by atoms with Crippen molar-refractivity contribution < 1.29 is 13.2 Å². The van der Waals surface area contributed by atoms with Crippen LogP contribution < -0.4 is 10.9 Å². The molecule has 3 aromatic rings. The van der Waals surface area contributed by atoms with Gasteiger partial charge in [-0.15, -0.1) is 11.3 Å². The molecule has 0 radical (unpaired) electrons. The molecule has 1 unspecified atom stereocenters. The van der Waals surface area contributed by atoms with Crippen LogP contribution in [-0.4, -0.2) is 21.6 Å². The molecule has 1 fully saturated rings. The number of hydrogen-bond donors (Lipinski definition) is 1. The van der Waals surface area contributed by atoms with E-state index >= 15 is 0 Å². The minimum atomic E-state index is -4.40. The van der Waals surface area contributed by atoms with E-state index in [1.54, 1.807) is 17.4 Å². The summed E-state index contributed by atoms with van der Waals surface area (Å²) in [6.45, 7) is 0.0716. The van der Waals surface area contributed by atoms with Crippen LogP contribution in [0.1, 0.15) is 60.1 Å². The molecule has 2 heterocycles. The van der Waals surface area contributed by atoms with E-state index in [0.717, 1.165) is 41.8 Å². The number of thiophene rings is 1. The molecule has 8 heteroatoms. The second-order valence-corrected chi connectivity index (χ2v) is 10.1. The fraction of sp³-hybridized carbons (Fsp3) is 0.500. The number of nitrogens with one attached hydrogen (secondary N) is 1. The SMILES string of the molecule is O=c1c2c3c(sc2ncn1Cc1cccc(C(F)(F)F)c1)CC(NC1CCCCC1)CC3. The Morgan fingerprint density at radius 2 is 1.94 bits per heavy atom. The zero-order valence-electron chi connectivity index (χ0n) is 17.8. The fourth-order valence-corrected chi connectivity index (χ4v) is 6.36. The first kappa shape index (κ1) is 21.6. The van der Waals surface area contributed by atoms with Crippen LogP contribution in [0.5, 0.6) is 0 Å². The number of aromatic nitrogens is 2. The molecule has 2 aromatic heterocycles. The Kier molecular flexibility index (Phi) is 5.84. The highest BCUT2D eigenvalue weighted by atomic mass is 32.1. The number of alkyl halides is 3.